The van der Waals surface area contributed by atoms with Crippen LogP contribution in [0.25, 0.3) is 0 Å². The summed E-state index contributed by atoms with van der Waals surface area (Å²) in [6.45, 7) is 5.95. The van der Waals surface area contributed by atoms with Crippen molar-refractivity contribution in [3.05, 3.63) is 29.8 Å². The Bertz CT molecular complexity index is 427. The Kier molecular flexibility index (Phi) is 4.71. The summed E-state index contributed by atoms with van der Waals surface area (Å²) in [4.78, 5) is 0. The first-order chi connectivity index (χ1) is 9.57. The van der Waals surface area contributed by atoms with Crippen LogP contribution in [-0.2, 0) is 10.2 Å². The molecule has 20 heavy (non-hydrogen) atoms. The second-order valence-electron chi connectivity index (χ2n) is 6.13. The maximum atomic E-state index is 6.02. The molecule has 1 aliphatic rings. The second kappa shape index (κ2) is 6.15. The maximum absolute atomic E-state index is 6.02. The van der Waals surface area contributed by atoms with Crippen molar-refractivity contribution in [3.63, 3.8) is 0 Å². The van der Waals surface area contributed by atoms with Gasteiger partial charge in [-0.05, 0) is 56.8 Å². The Morgan fingerprint density at radius 2 is 2.00 bits per heavy atom. The summed E-state index contributed by atoms with van der Waals surface area (Å²) in [5.74, 6) is 0.905. The second-order valence-corrected chi connectivity index (χ2v) is 6.13. The fraction of sp³-hybridized carbons (Fsp3) is 0.647. The van der Waals surface area contributed by atoms with Crippen LogP contribution in [-0.4, -0.2) is 25.9 Å². The molecule has 0 radical (unpaired) electrons. The van der Waals surface area contributed by atoms with Crippen molar-refractivity contribution in [1.82, 2.24) is 0 Å². The molecule has 0 aliphatic carbocycles. The van der Waals surface area contributed by atoms with E-state index in [4.69, 9.17) is 15.2 Å². The van der Waals surface area contributed by atoms with Gasteiger partial charge >= 0.3 is 0 Å². The summed E-state index contributed by atoms with van der Waals surface area (Å²) < 4.78 is 11.3. The molecule has 3 nitrogen and oxygen atoms in total. The van der Waals surface area contributed by atoms with Crippen molar-refractivity contribution in [2.45, 2.75) is 50.5 Å². The van der Waals surface area contributed by atoms with Crippen LogP contribution in [0.1, 0.15) is 45.1 Å². The van der Waals surface area contributed by atoms with E-state index in [0.717, 1.165) is 38.0 Å². The van der Waals surface area contributed by atoms with E-state index in [1.54, 1.807) is 7.11 Å². The lowest BCUT2D eigenvalue weighted by molar-refractivity contribution is -0.0976. The van der Waals surface area contributed by atoms with Crippen molar-refractivity contribution in [2.24, 2.45) is 5.73 Å². The van der Waals surface area contributed by atoms with Gasteiger partial charge in [-0.3, -0.25) is 0 Å². The van der Waals surface area contributed by atoms with Gasteiger partial charge in [-0.15, -0.1) is 0 Å². The third-order valence-electron chi connectivity index (χ3n) is 4.82. The van der Waals surface area contributed by atoms with Gasteiger partial charge in [0.25, 0.3) is 0 Å². The first kappa shape index (κ1) is 15.3. The minimum atomic E-state index is -0.0344. The van der Waals surface area contributed by atoms with Gasteiger partial charge < -0.3 is 15.2 Å². The Morgan fingerprint density at radius 3 is 2.55 bits per heavy atom. The molecule has 0 amide bonds. The van der Waals surface area contributed by atoms with Crippen molar-refractivity contribution in [1.29, 1.82) is 0 Å². The SMILES string of the molecule is CC[C@]1(C)C[C@](CCN)(c2ccc(OC)cc2)CCO1. The predicted octanol–water partition coefficient (Wildman–Crippen LogP) is 3.26. The number of rotatable bonds is 5. The van der Waals surface area contributed by atoms with Gasteiger partial charge in [0.05, 0.1) is 12.7 Å². The molecule has 1 saturated heterocycles. The van der Waals surface area contributed by atoms with E-state index in [2.05, 4.69) is 26.0 Å². The molecule has 0 saturated carbocycles. The number of hydrogen-bond acceptors (Lipinski definition) is 3. The van der Waals surface area contributed by atoms with Crippen LogP contribution in [0.2, 0.25) is 0 Å². The van der Waals surface area contributed by atoms with E-state index in [1.807, 2.05) is 12.1 Å². The van der Waals surface area contributed by atoms with E-state index in [9.17, 15) is 0 Å². The van der Waals surface area contributed by atoms with E-state index in [0.29, 0.717) is 6.54 Å². The Morgan fingerprint density at radius 1 is 1.30 bits per heavy atom. The van der Waals surface area contributed by atoms with Crippen LogP contribution in [0.5, 0.6) is 5.75 Å². The lowest BCUT2D eigenvalue weighted by atomic mass is 9.66. The zero-order valence-corrected chi connectivity index (χ0v) is 12.9. The predicted molar refractivity (Wildman–Crippen MR) is 82.2 cm³/mol. The topological polar surface area (TPSA) is 44.5 Å². The molecule has 3 heteroatoms. The van der Waals surface area contributed by atoms with Crippen LogP contribution < -0.4 is 10.5 Å². The average Bonchev–Trinajstić information content (AvgIpc) is 2.48. The molecule has 2 N–H and O–H groups in total. The molecule has 1 heterocycles. The maximum Gasteiger partial charge on any atom is 0.118 e. The molecule has 1 aromatic rings. The lowest BCUT2D eigenvalue weighted by Crippen LogP contribution is -2.46. The van der Waals surface area contributed by atoms with Crippen LogP contribution in [0.4, 0.5) is 0 Å². The molecule has 1 aliphatic heterocycles. The molecule has 0 spiro atoms. The molecular formula is C17H27NO2. The molecule has 112 valence electrons. The monoisotopic (exact) mass is 277 g/mol. The van der Waals surface area contributed by atoms with Gasteiger partial charge in [-0.25, -0.2) is 0 Å². The first-order valence-corrected chi connectivity index (χ1v) is 7.56. The van der Waals surface area contributed by atoms with E-state index in [1.165, 1.54) is 5.56 Å². The van der Waals surface area contributed by atoms with Crippen LogP contribution in [0, 0.1) is 0 Å². The zero-order valence-electron chi connectivity index (χ0n) is 12.9. The van der Waals surface area contributed by atoms with Crippen molar-refractivity contribution >= 4 is 0 Å². The van der Waals surface area contributed by atoms with Crippen LogP contribution in [0.3, 0.4) is 0 Å². The van der Waals surface area contributed by atoms with Crippen LogP contribution in [0.15, 0.2) is 24.3 Å². The third-order valence-corrected chi connectivity index (χ3v) is 4.82. The van der Waals surface area contributed by atoms with E-state index >= 15 is 0 Å². The molecule has 1 aromatic carbocycles. The minimum Gasteiger partial charge on any atom is -0.497 e. The summed E-state index contributed by atoms with van der Waals surface area (Å²) in [5.41, 5.74) is 7.38. The summed E-state index contributed by atoms with van der Waals surface area (Å²) in [7, 11) is 1.70. The Labute approximate surface area is 122 Å². The Balaban J connectivity index is 2.32. The van der Waals surface area contributed by atoms with Crippen molar-refractivity contribution in [2.75, 3.05) is 20.3 Å². The van der Waals surface area contributed by atoms with E-state index in [-0.39, 0.29) is 11.0 Å². The quantitative estimate of drug-likeness (QED) is 0.898. The highest BCUT2D eigenvalue weighted by atomic mass is 16.5. The summed E-state index contributed by atoms with van der Waals surface area (Å²) in [5, 5.41) is 0. The highest BCUT2D eigenvalue weighted by Crippen LogP contribution is 2.45. The minimum absolute atomic E-state index is 0.0344. The van der Waals surface area contributed by atoms with E-state index < -0.39 is 0 Å². The Hall–Kier alpha value is -1.06. The molecule has 2 rings (SSSR count). The number of benzene rings is 1. The molecular weight excluding hydrogens is 250 g/mol. The van der Waals surface area contributed by atoms with Gasteiger partial charge in [0.15, 0.2) is 0 Å². The molecule has 1 fully saturated rings. The number of ether oxygens (including phenoxy) is 2. The molecule has 0 aromatic heterocycles. The lowest BCUT2D eigenvalue weighted by Gasteiger charge is -2.46. The van der Waals surface area contributed by atoms with Crippen LogP contribution >= 0.6 is 0 Å². The standard InChI is InChI=1S/C17H27NO2/c1-4-16(2)13-17(9-11-18,10-12-20-16)14-5-7-15(19-3)8-6-14/h5-8H,4,9-13,18H2,1-3H3/t16-,17-/m1/s1. The summed E-state index contributed by atoms with van der Waals surface area (Å²) in [6, 6.07) is 8.48. The number of methoxy groups -OCH3 is 1. The van der Waals surface area contributed by atoms with Crippen molar-refractivity contribution < 1.29 is 9.47 Å². The van der Waals surface area contributed by atoms with Crippen molar-refractivity contribution in [3.8, 4) is 5.75 Å². The van der Waals surface area contributed by atoms with Gasteiger partial charge in [-0.2, -0.15) is 0 Å². The molecule has 2 atom stereocenters. The first-order valence-electron chi connectivity index (χ1n) is 7.56. The highest BCUT2D eigenvalue weighted by molar-refractivity contribution is 5.33. The van der Waals surface area contributed by atoms with Gasteiger partial charge in [0.2, 0.25) is 0 Å². The summed E-state index contributed by atoms with van der Waals surface area (Å²) >= 11 is 0. The van der Waals surface area contributed by atoms with Gasteiger partial charge in [0, 0.05) is 12.0 Å². The normalized spacial score (nSPS) is 30.2. The number of hydrogen-bond donors (Lipinski definition) is 1. The zero-order chi connectivity index (χ0) is 14.6. The smallest absolute Gasteiger partial charge is 0.118 e. The highest BCUT2D eigenvalue weighted by Gasteiger charge is 2.42. The third kappa shape index (κ3) is 2.99. The molecule has 0 bridgehead atoms. The number of nitrogens with two attached hydrogens (primary N) is 1. The van der Waals surface area contributed by atoms with Gasteiger partial charge in [-0.1, -0.05) is 19.1 Å². The largest absolute Gasteiger partial charge is 0.497 e. The fourth-order valence-corrected chi connectivity index (χ4v) is 3.40. The summed E-state index contributed by atoms with van der Waals surface area (Å²) in [6.07, 6.45) is 4.14. The fourth-order valence-electron chi connectivity index (χ4n) is 3.40. The average molecular weight is 277 g/mol. The van der Waals surface area contributed by atoms with Gasteiger partial charge in [0.1, 0.15) is 5.75 Å². The molecule has 0 unspecified atom stereocenters.